The molecule has 1 aromatic heterocycles. The molecule has 0 bridgehead atoms. The van der Waals surface area contributed by atoms with Crippen molar-refractivity contribution in [2.24, 2.45) is 5.92 Å². The van der Waals surface area contributed by atoms with Crippen molar-refractivity contribution in [2.45, 2.75) is 39.8 Å². The molecule has 2 atom stereocenters. The number of nitrogens with one attached hydrogen (secondary N) is 1. The number of halogens is 1. The highest BCUT2D eigenvalue weighted by Gasteiger charge is 2.19. The fourth-order valence-corrected chi connectivity index (χ4v) is 3.27. The Labute approximate surface area is 124 Å². The summed E-state index contributed by atoms with van der Waals surface area (Å²) in [4.78, 5) is 1.33. The topological polar surface area (TPSA) is 12.0 Å². The molecule has 108 valence electrons. The number of thiophene rings is 1. The minimum Gasteiger partial charge on any atom is -0.302 e. The maximum absolute atomic E-state index is 13.7. The normalized spacial score (nSPS) is 14.5. The largest absolute Gasteiger partial charge is 0.302 e. The van der Waals surface area contributed by atoms with Gasteiger partial charge in [-0.05, 0) is 48.4 Å². The van der Waals surface area contributed by atoms with Crippen LogP contribution in [0.3, 0.4) is 0 Å². The van der Waals surface area contributed by atoms with E-state index in [0.717, 1.165) is 5.56 Å². The van der Waals surface area contributed by atoms with Crippen molar-refractivity contribution in [1.82, 2.24) is 5.32 Å². The summed E-state index contributed by atoms with van der Waals surface area (Å²) in [5.74, 6) is 0.361. The second kappa shape index (κ2) is 6.51. The van der Waals surface area contributed by atoms with Gasteiger partial charge in [0.25, 0.3) is 0 Å². The molecular weight excluding hydrogens is 269 g/mol. The molecule has 2 aromatic rings. The van der Waals surface area contributed by atoms with E-state index >= 15 is 0 Å². The van der Waals surface area contributed by atoms with Gasteiger partial charge in [-0.1, -0.05) is 32.0 Å². The van der Waals surface area contributed by atoms with Crippen LogP contribution < -0.4 is 5.32 Å². The zero-order chi connectivity index (χ0) is 14.7. The van der Waals surface area contributed by atoms with Crippen LogP contribution in [0, 0.1) is 18.7 Å². The van der Waals surface area contributed by atoms with E-state index in [2.05, 4.69) is 43.6 Å². The second-order valence-corrected chi connectivity index (χ2v) is 6.61. The van der Waals surface area contributed by atoms with Gasteiger partial charge < -0.3 is 5.32 Å². The van der Waals surface area contributed by atoms with Crippen LogP contribution in [0.2, 0.25) is 0 Å². The van der Waals surface area contributed by atoms with E-state index in [4.69, 9.17) is 0 Å². The van der Waals surface area contributed by atoms with E-state index in [1.807, 2.05) is 12.1 Å². The van der Waals surface area contributed by atoms with Crippen molar-refractivity contribution < 1.29 is 4.39 Å². The zero-order valence-corrected chi connectivity index (χ0v) is 13.3. The highest BCUT2D eigenvalue weighted by Crippen LogP contribution is 2.29. The number of hydrogen-bond donors (Lipinski definition) is 1. The van der Waals surface area contributed by atoms with E-state index in [-0.39, 0.29) is 11.9 Å². The van der Waals surface area contributed by atoms with Crippen molar-refractivity contribution in [2.75, 3.05) is 0 Å². The first-order valence-corrected chi connectivity index (χ1v) is 7.92. The molecule has 0 radical (unpaired) electrons. The first-order valence-electron chi connectivity index (χ1n) is 7.04. The van der Waals surface area contributed by atoms with Gasteiger partial charge in [0.1, 0.15) is 5.82 Å². The number of hydrogen-bond acceptors (Lipinski definition) is 2. The van der Waals surface area contributed by atoms with Gasteiger partial charge in [-0.15, -0.1) is 11.3 Å². The Morgan fingerprint density at radius 1 is 1.15 bits per heavy atom. The van der Waals surface area contributed by atoms with Gasteiger partial charge in [0, 0.05) is 17.0 Å². The zero-order valence-electron chi connectivity index (χ0n) is 12.5. The predicted molar refractivity (Wildman–Crippen MR) is 84.6 cm³/mol. The molecule has 2 rings (SSSR count). The summed E-state index contributed by atoms with van der Waals surface area (Å²) < 4.78 is 13.7. The Bertz CT molecular complexity index is 548. The number of rotatable bonds is 5. The van der Waals surface area contributed by atoms with Gasteiger partial charge in [-0.3, -0.25) is 0 Å². The molecule has 1 N–H and O–H groups in total. The molecule has 1 heterocycles. The number of benzene rings is 1. The Kier molecular flexibility index (Phi) is 4.95. The van der Waals surface area contributed by atoms with Crippen molar-refractivity contribution in [1.29, 1.82) is 0 Å². The first kappa shape index (κ1) is 15.2. The summed E-state index contributed by atoms with van der Waals surface area (Å²) in [6.45, 7) is 8.30. The summed E-state index contributed by atoms with van der Waals surface area (Å²) in [5.41, 5.74) is 1.69. The van der Waals surface area contributed by atoms with Crippen LogP contribution >= 0.6 is 11.3 Å². The Hall–Kier alpha value is -1.19. The van der Waals surface area contributed by atoms with E-state index in [9.17, 15) is 4.39 Å². The van der Waals surface area contributed by atoms with Crippen molar-refractivity contribution in [3.05, 3.63) is 57.5 Å². The summed E-state index contributed by atoms with van der Waals surface area (Å²) in [6, 6.07) is 10.1. The van der Waals surface area contributed by atoms with Crippen LogP contribution in [0.1, 0.15) is 48.9 Å². The highest BCUT2D eigenvalue weighted by molar-refractivity contribution is 7.10. The summed E-state index contributed by atoms with van der Waals surface area (Å²) >= 11 is 1.77. The molecule has 20 heavy (non-hydrogen) atoms. The second-order valence-electron chi connectivity index (χ2n) is 5.63. The average Bonchev–Trinajstić information content (AvgIpc) is 2.92. The van der Waals surface area contributed by atoms with Crippen LogP contribution in [0.4, 0.5) is 4.39 Å². The molecule has 0 aliphatic rings. The third-order valence-electron chi connectivity index (χ3n) is 3.64. The predicted octanol–water partition coefficient (Wildman–Crippen LogP) is 5.24. The lowest BCUT2D eigenvalue weighted by molar-refractivity contribution is 0.379. The molecular formula is C17H22FNS. The highest BCUT2D eigenvalue weighted by atomic mass is 32.1. The molecule has 1 aromatic carbocycles. The standard InChI is InChI=1S/C17H22FNS/c1-11(2)17(16-6-5-9-20-16)19-13(4)14-8-7-12(3)15(18)10-14/h5-11,13,17,19H,1-4H3. The molecule has 0 saturated heterocycles. The molecule has 0 aliphatic carbocycles. The molecule has 0 amide bonds. The first-order chi connectivity index (χ1) is 9.49. The molecule has 0 spiro atoms. The van der Waals surface area contributed by atoms with E-state index in [1.54, 1.807) is 24.3 Å². The summed E-state index contributed by atoms with van der Waals surface area (Å²) in [7, 11) is 0. The van der Waals surface area contributed by atoms with Gasteiger partial charge in [0.05, 0.1) is 0 Å². The van der Waals surface area contributed by atoms with Gasteiger partial charge in [-0.25, -0.2) is 4.39 Å². The average molecular weight is 291 g/mol. The monoisotopic (exact) mass is 291 g/mol. The smallest absolute Gasteiger partial charge is 0.126 e. The molecule has 0 aliphatic heterocycles. The van der Waals surface area contributed by atoms with Gasteiger partial charge in [0.15, 0.2) is 0 Å². The lowest BCUT2D eigenvalue weighted by atomic mass is 9.99. The molecule has 2 unspecified atom stereocenters. The molecule has 1 nitrogen and oxygen atoms in total. The van der Waals surface area contributed by atoms with Gasteiger partial charge in [0.2, 0.25) is 0 Å². The van der Waals surface area contributed by atoms with Crippen LogP contribution in [0.25, 0.3) is 0 Å². The minimum absolute atomic E-state index is 0.125. The third-order valence-corrected chi connectivity index (χ3v) is 4.60. The molecule has 0 saturated carbocycles. The number of aryl methyl sites for hydroxylation is 1. The van der Waals surface area contributed by atoms with E-state index < -0.39 is 0 Å². The van der Waals surface area contributed by atoms with Crippen LogP contribution in [0.15, 0.2) is 35.7 Å². The van der Waals surface area contributed by atoms with Crippen molar-refractivity contribution in [3.8, 4) is 0 Å². The van der Waals surface area contributed by atoms with E-state index in [1.165, 1.54) is 4.88 Å². The van der Waals surface area contributed by atoms with Crippen LogP contribution in [-0.4, -0.2) is 0 Å². The Morgan fingerprint density at radius 2 is 1.90 bits per heavy atom. The fourth-order valence-electron chi connectivity index (χ4n) is 2.32. The summed E-state index contributed by atoms with van der Waals surface area (Å²) in [6.07, 6.45) is 0. The quantitative estimate of drug-likeness (QED) is 0.794. The van der Waals surface area contributed by atoms with Crippen molar-refractivity contribution in [3.63, 3.8) is 0 Å². The van der Waals surface area contributed by atoms with Crippen molar-refractivity contribution >= 4 is 11.3 Å². The Balaban J connectivity index is 2.16. The van der Waals surface area contributed by atoms with Gasteiger partial charge >= 0.3 is 0 Å². The van der Waals surface area contributed by atoms with E-state index in [0.29, 0.717) is 17.5 Å². The molecule has 0 fully saturated rings. The minimum atomic E-state index is -0.131. The van der Waals surface area contributed by atoms with Crippen LogP contribution in [-0.2, 0) is 0 Å². The van der Waals surface area contributed by atoms with Crippen LogP contribution in [0.5, 0.6) is 0 Å². The fraction of sp³-hybridized carbons (Fsp3) is 0.412. The third kappa shape index (κ3) is 3.47. The lowest BCUT2D eigenvalue weighted by Crippen LogP contribution is -2.27. The lowest BCUT2D eigenvalue weighted by Gasteiger charge is -2.26. The summed E-state index contributed by atoms with van der Waals surface area (Å²) in [5, 5.41) is 5.73. The van der Waals surface area contributed by atoms with Gasteiger partial charge in [-0.2, -0.15) is 0 Å². The maximum Gasteiger partial charge on any atom is 0.126 e. The Morgan fingerprint density at radius 3 is 2.45 bits per heavy atom. The SMILES string of the molecule is Cc1ccc(C(C)NC(c2cccs2)C(C)C)cc1F. The maximum atomic E-state index is 13.7. The molecule has 3 heteroatoms.